The van der Waals surface area contributed by atoms with E-state index in [0.29, 0.717) is 0 Å². The predicted octanol–water partition coefficient (Wildman–Crippen LogP) is 8.42. The Labute approximate surface area is 170 Å². The van der Waals surface area contributed by atoms with Crippen LogP contribution >= 0.6 is 0 Å². The zero-order chi connectivity index (χ0) is 19.7. The third-order valence-electron chi connectivity index (χ3n) is 6.22. The van der Waals surface area contributed by atoms with E-state index in [1.54, 1.807) is 0 Å². The lowest BCUT2D eigenvalue weighted by atomic mass is 9.87. The van der Waals surface area contributed by atoms with Gasteiger partial charge in [0.1, 0.15) is 0 Å². The van der Waals surface area contributed by atoms with E-state index in [1.807, 2.05) is 0 Å². The largest absolute Gasteiger partial charge is 0.376 e. The minimum Gasteiger partial charge on any atom is -0.376 e. The van der Waals surface area contributed by atoms with Crippen molar-refractivity contribution in [3.05, 3.63) is 35.9 Å². The van der Waals surface area contributed by atoms with Crippen LogP contribution in [-0.4, -0.2) is 6.61 Å². The highest BCUT2D eigenvalue weighted by Crippen LogP contribution is 2.26. The fourth-order valence-electron chi connectivity index (χ4n) is 4.32. The van der Waals surface area contributed by atoms with Crippen LogP contribution in [0.5, 0.6) is 0 Å². The Balaban J connectivity index is 2.43. The van der Waals surface area contributed by atoms with Crippen LogP contribution < -0.4 is 0 Å². The molecule has 0 radical (unpaired) electrons. The van der Waals surface area contributed by atoms with Crippen molar-refractivity contribution in [2.24, 2.45) is 17.8 Å². The maximum Gasteiger partial charge on any atom is 0.0717 e. The molecule has 0 bridgehead atoms. The standard InChI is InChI=1S/C26H46O/c1-5-13-23(7-3)17-12-18-26(20-19-24(8-4)14-6-2)22-27-21-25-15-10-9-11-16-25/h9-11,15-16,23-24,26H,5-8,12-14,17-22H2,1-4H3. The third-order valence-corrected chi connectivity index (χ3v) is 6.22. The molecule has 156 valence electrons. The molecule has 0 saturated carbocycles. The summed E-state index contributed by atoms with van der Waals surface area (Å²) in [6.07, 6.45) is 15.0. The van der Waals surface area contributed by atoms with Gasteiger partial charge in [0.05, 0.1) is 6.61 Å². The molecule has 27 heavy (non-hydrogen) atoms. The fourth-order valence-corrected chi connectivity index (χ4v) is 4.32. The topological polar surface area (TPSA) is 9.23 Å². The van der Waals surface area contributed by atoms with Gasteiger partial charge in [-0.25, -0.2) is 0 Å². The smallest absolute Gasteiger partial charge is 0.0717 e. The molecule has 0 spiro atoms. The quantitative estimate of drug-likeness (QED) is 0.266. The molecule has 1 heteroatoms. The predicted molar refractivity (Wildman–Crippen MR) is 120 cm³/mol. The lowest BCUT2D eigenvalue weighted by Crippen LogP contribution is -2.13. The van der Waals surface area contributed by atoms with Gasteiger partial charge in [-0.2, -0.15) is 0 Å². The summed E-state index contributed by atoms with van der Waals surface area (Å²) in [5, 5.41) is 0. The Bertz CT molecular complexity index is 427. The van der Waals surface area contributed by atoms with Crippen LogP contribution in [-0.2, 0) is 11.3 Å². The third kappa shape index (κ3) is 11.6. The summed E-state index contributed by atoms with van der Waals surface area (Å²) in [6.45, 7) is 11.1. The van der Waals surface area contributed by atoms with E-state index in [9.17, 15) is 0 Å². The molecule has 1 rings (SSSR count). The molecule has 0 heterocycles. The lowest BCUT2D eigenvalue weighted by Gasteiger charge is -2.22. The van der Waals surface area contributed by atoms with Crippen molar-refractivity contribution in [1.82, 2.24) is 0 Å². The zero-order valence-corrected chi connectivity index (χ0v) is 18.7. The van der Waals surface area contributed by atoms with Crippen LogP contribution in [0.15, 0.2) is 30.3 Å². The first-order valence-electron chi connectivity index (χ1n) is 11.8. The van der Waals surface area contributed by atoms with Crippen LogP contribution in [0.4, 0.5) is 0 Å². The second-order valence-electron chi connectivity index (χ2n) is 8.50. The molecule has 3 atom stereocenters. The van der Waals surface area contributed by atoms with Gasteiger partial charge < -0.3 is 4.74 Å². The molecule has 1 aromatic carbocycles. The molecule has 0 aromatic heterocycles. The molecule has 1 nitrogen and oxygen atoms in total. The van der Waals surface area contributed by atoms with Gasteiger partial charge >= 0.3 is 0 Å². The average Bonchev–Trinajstić information content (AvgIpc) is 2.70. The Kier molecular flexibility index (Phi) is 14.5. The van der Waals surface area contributed by atoms with Crippen LogP contribution in [0.1, 0.15) is 104 Å². The second-order valence-corrected chi connectivity index (χ2v) is 8.50. The molecule has 0 saturated heterocycles. The zero-order valence-electron chi connectivity index (χ0n) is 18.7. The Morgan fingerprint density at radius 2 is 1.22 bits per heavy atom. The highest BCUT2D eigenvalue weighted by Gasteiger charge is 2.14. The molecular weight excluding hydrogens is 328 g/mol. The average molecular weight is 375 g/mol. The molecule has 0 aliphatic heterocycles. The number of hydrogen-bond acceptors (Lipinski definition) is 1. The van der Waals surface area contributed by atoms with Crippen LogP contribution in [0, 0.1) is 17.8 Å². The first kappa shape index (κ1) is 24.2. The van der Waals surface area contributed by atoms with Crippen molar-refractivity contribution in [1.29, 1.82) is 0 Å². The van der Waals surface area contributed by atoms with E-state index < -0.39 is 0 Å². The first-order valence-corrected chi connectivity index (χ1v) is 11.8. The summed E-state index contributed by atoms with van der Waals surface area (Å²) in [4.78, 5) is 0. The molecule has 1 aromatic rings. The van der Waals surface area contributed by atoms with Gasteiger partial charge in [-0.05, 0) is 36.2 Å². The highest BCUT2D eigenvalue weighted by atomic mass is 16.5. The lowest BCUT2D eigenvalue weighted by molar-refractivity contribution is 0.0769. The van der Waals surface area contributed by atoms with Crippen molar-refractivity contribution >= 4 is 0 Å². The minimum atomic E-state index is 0.735. The minimum absolute atomic E-state index is 0.735. The normalized spacial score (nSPS) is 14.8. The van der Waals surface area contributed by atoms with Gasteiger partial charge in [0.25, 0.3) is 0 Å². The van der Waals surface area contributed by atoms with Gasteiger partial charge in [-0.1, -0.05) is 116 Å². The molecule has 0 aliphatic rings. The molecule has 0 fully saturated rings. The van der Waals surface area contributed by atoms with Gasteiger partial charge in [0.15, 0.2) is 0 Å². The van der Waals surface area contributed by atoms with Gasteiger partial charge in [0.2, 0.25) is 0 Å². The van der Waals surface area contributed by atoms with Crippen molar-refractivity contribution in [3.8, 4) is 0 Å². The summed E-state index contributed by atoms with van der Waals surface area (Å²) in [5.41, 5.74) is 1.29. The molecule has 3 unspecified atom stereocenters. The van der Waals surface area contributed by atoms with Crippen LogP contribution in [0.25, 0.3) is 0 Å². The van der Waals surface area contributed by atoms with E-state index in [1.165, 1.54) is 76.2 Å². The Morgan fingerprint density at radius 1 is 0.667 bits per heavy atom. The monoisotopic (exact) mass is 374 g/mol. The molecule has 0 aliphatic carbocycles. The number of ether oxygens (including phenoxy) is 1. The SMILES string of the molecule is CCCC(CC)CCCC(CCC(CC)CCC)COCc1ccccc1. The van der Waals surface area contributed by atoms with Crippen molar-refractivity contribution < 1.29 is 4.74 Å². The van der Waals surface area contributed by atoms with E-state index >= 15 is 0 Å². The van der Waals surface area contributed by atoms with E-state index in [0.717, 1.165) is 31.0 Å². The van der Waals surface area contributed by atoms with E-state index in [-0.39, 0.29) is 0 Å². The Morgan fingerprint density at radius 3 is 1.81 bits per heavy atom. The van der Waals surface area contributed by atoms with Gasteiger partial charge in [0, 0.05) is 6.61 Å². The second kappa shape index (κ2) is 16.2. The van der Waals surface area contributed by atoms with Crippen molar-refractivity contribution in [3.63, 3.8) is 0 Å². The molecular formula is C26H46O. The Hall–Kier alpha value is -0.820. The highest BCUT2D eigenvalue weighted by molar-refractivity contribution is 5.13. The van der Waals surface area contributed by atoms with Gasteiger partial charge in [-0.15, -0.1) is 0 Å². The molecule has 0 N–H and O–H groups in total. The van der Waals surface area contributed by atoms with Crippen LogP contribution in [0.3, 0.4) is 0 Å². The maximum atomic E-state index is 6.14. The summed E-state index contributed by atoms with van der Waals surface area (Å²) < 4.78 is 6.14. The fraction of sp³-hybridized carbons (Fsp3) is 0.769. The maximum absolute atomic E-state index is 6.14. The van der Waals surface area contributed by atoms with Gasteiger partial charge in [-0.3, -0.25) is 0 Å². The van der Waals surface area contributed by atoms with E-state index in [2.05, 4.69) is 58.0 Å². The first-order chi connectivity index (χ1) is 13.2. The van der Waals surface area contributed by atoms with Crippen molar-refractivity contribution in [2.75, 3.05) is 6.61 Å². The summed E-state index contributed by atoms with van der Waals surface area (Å²) >= 11 is 0. The number of benzene rings is 1. The number of rotatable bonds is 17. The summed E-state index contributed by atoms with van der Waals surface area (Å²) in [6, 6.07) is 10.6. The number of hydrogen-bond donors (Lipinski definition) is 0. The summed E-state index contributed by atoms with van der Waals surface area (Å²) in [5.74, 6) is 2.58. The molecule has 0 amide bonds. The van der Waals surface area contributed by atoms with E-state index in [4.69, 9.17) is 4.74 Å². The van der Waals surface area contributed by atoms with Crippen LogP contribution in [0.2, 0.25) is 0 Å². The van der Waals surface area contributed by atoms with Crippen molar-refractivity contribution in [2.45, 2.75) is 105 Å². The summed E-state index contributed by atoms with van der Waals surface area (Å²) in [7, 11) is 0.